The third-order valence-corrected chi connectivity index (χ3v) is 5.49. The van der Waals surface area contributed by atoms with E-state index < -0.39 is 0 Å². The highest BCUT2D eigenvalue weighted by molar-refractivity contribution is 5.96. The number of nitrogens with one attached hydrogen (secondary N) is 2. The van der Waals surface area contributed by atoms with E-state index in [0.717, 1.165) is 16.8 Å². The number of nitrogens with zero attached hydrogens (tertiary/aromatic N) is 1. The number of anilines is 1. The molecule has 1 aliphatic carbocycles. The highest BCUT2D eigenvalue weighted by atomic mass is 16.2. The predicted octanol–water partition coefficient (Wildman–Crippen LogP) is 2.79. The number of rotatable bonds is 7. The van der Waals surface area contributed by atoms with Gasteiger partial charge in [0.05, 0.1) is 13.1 Å². The van der Waals surface area contributed by atoms with Gasteiger partial charge in [0, 0.05) is 11.7 Å². The van der Waals surface area contributed by atoms with Crippen molar-refractivity contribution in [3.05, 3.63) is 28.8 Å². The fraction of sp³-hybridized carbons (Fsp3) is 0.600. The first-order valence-corrected chi connectivity index (χ1v) is 8.97. The summed E-state index contributed by atoms with van der Waals surface area (Å²) in [5.41, 5.74) is 4.40. The molecule has 0 unspecified atom stereocenters. The summed E-state index contributed by atoms with van der Waals surface area (Å²) in [6.45, 7) is 10.7. The quantitative estimate of drug-likeness (QED) is 0.799. The zero-order valence-electron chi connectivity index (χ0n) is 16.3. The summed E-state index contributed by atoms with van der Waals surface area (Å²) in [7, 11) is 1.97. The highest BCUT2D eigenvalue weighted by Crippen LogP contribution is 2.49. The monoisotopic (exact) mass is 345 g/mol. The molecule has 0 spiro atoms. The number of aryl methyl sites for hydroxylation is 3. The molecule has 5 nitrogen and oxygen atoms in total. The molecule has 1 aromatic carbocycles. The van der Waals surface area contributed by atoms with Crippen LogP contribution in [0.15, 0.2) is 12.1 Å². The Morgan fingerprint density at radius 1 is 1.16 bits per heavy atom. The minimum atomic E-state index is -0.201. The van der Waals surface area contributed by atoms with E-state index in [1.165, 1.54) is 18.4 Å². The van der Waals surface area contributed by atoms with Gasteiger partial charge in [0.2, 0.25) is 11.8 Å². The molecule has 5 heteroatoms. The molecule has 1 fully saturated rings. The van der Waals surface area contributed by atoms with Gasteiger partial charge in [-0.1, -0.05) is 24.6 Å². The van der Waals surface area contributed by atoms with Gasteiger partial charge >= 0.3 is 0 Å². The molecular formula is C20H31N3O2. The van der Waals surface area contributed by atoms with Crippen molar-refractivity contribution >= 4 is 17.5 Å². The van der Waals surface area contributed by atoms with Crippen LogP contribution >= 0.6 is 0 Å². The molecule has 0 heterocycles. The van der Waals surface area contributed by atoms with Gasteiger partial charge in [-0.15, -0.1) is 0 Å². The van der Waals surface area contributed by atoms with E-state index in [1.54, 1.807) is 0 Å². The second-order valence-electron chi connectivity index (χ2n) is 7.84. The van der Waals surface area contributed by atoms with E-state index in [-0.39, 0.29) is 18.4 Å². The zero-order valence-corrected chi connectivity index (χ0v) is 16.3. The fourth-order valence-electron chi connectivity index (χ4n) is 3.31. The first-order valence-electron chi connectivity index (χ1n) is 8.97. The summed E-state index contributed by atoms with van der Waals surface area (Å²) >= 11 is 0. The lowest BCUT2D eigenvalue weighted by Crippen LogP contribution is -2.44. The van der Waals surface area contributed by atoms with Crippen LogP contribution in [0.25, 0.3) is 0 Å². The van der Waals surface area contributed by atoms with E-state index in [0.29, 0.717) is 18.0 Å². The van der Waals surface area contributed by atoms with E-state index in [1.807, 2.05) is 40.0 Å². The normalized spacial score (nSPS) is 16.4. The van der Waals surface area contributed by atoms with Crippen LogP contribution in [-0.2, 0) is 9.59 Å². The van der Waals surface area contributed by atoms with Crippen molar-refractivity contribution < 1.29 is 9.59 Å². The van der Waals surface area contributed by atoms with Crippen molar-refractivity contribution in [2.45, 2.75) is 53.5 Å². The van der Waals surface area contributed by atoms with Gasteiger partial charge in [-0.25, -0.2) is 0 Å². The Morgan fingerprint density at radius 2 is 1.72 bits per heavy atom. The van der Waals surface area contributed by atoms with Gasteiger partial charge < -0.3 is 10.6 Å². The standard InChI is InChI=1S/C20H31N3O2/c1-13-9-14(2)19(15(3)10-13)22-17(24)11-21-18(25)12-23(6)16(4)20(5)7-8-20/h9-10,16H,7-8,11-12H2,1-6H3,(H,21,25)(H,22,24)/t16-/m1/s1. The molecule has 0 saturated heterocycles. The summed E-state index contributed by atoms with van der Waals surface area (Å²) in [5.74, 6) is -0.320. The van der Waals surface area contributed by atoms with Gasteiger partial charge in [0.1, 0.15) is 0 Å². The van der Waals surface area contributed by atoms with Crippen molar-refractivity contribution in [3.63, 3.8) is 0 Å². The molecular weight excluding hydrogens is 314 g/mol. The van der Waals surface area contributed by atoms with Crippen LogP contribution in [0.3, 0.4) is 0 Å². The van der Waals surface area contributed by atoms with Crippen LogP contribution in [0.1, 0.15) is 43.4 Å². The zero-order chi connectivity index (χ0) is 18.8. The summed E-state index contributed by atoms with van der Waals surface area (Å²) in [6.07, 6.45) is 2.44. The topological polar surface area (TPSA) is 61.4 Å². The Labute approximate surface area is 151 Å². The molecule has 1 saturated carbocycles. The minimum absolute atomic E-state index is 0.00885. The Kier molecular flexibility index (Phi) is 5.88. The van der Waals surface area contributed by atoms with Gasteiger partial charge in [-0.3, -0.25) is 14.5 Å². The molecule has 25 heavy (non-hydrogen) atoms. The van der Waals surface area contributed by atoms with Crippen LogP contribution < -0.4 is 10.6 Å². The maximum absolute atomic E-state index is 12.2. The summed E-state index contributed by atoms with van der Waals surface area (Å²) in [4.78, 5) is 26.3. The SMILES string of the molecule is Cc1cc(C)c(NC(=O)CNC(=O)CN(C)[C@H](C)C2(C)CC2)c(C)c1. The summed E-state index contributed by atoms with van der Waals surface area (Å²) < 4.78 is 0. The second kappa shape index (κ2) is 7.56. The van der Waals surface area contributed by atoms with Crippen molar-refractivity contribution in [1.29, 1.82) is 0 Å². The molecule has 1 aromatic rings. The fourth-order valence-corrected chi connectivity index (χ4v) is 3.31. The van der Waals surface area contributed by atoms with Crippen molar-refractivity contribution in [2.24, 2.45) is 5.41 Å². The number of amides is 2. The van der Waals surface area contributed by atoms with Crippen molar-refractivity contribution in [2.75, 3.05) is 25.5 Å². The van der Waals surface area contributed by atoms with Gasteiger partial charge in [-0.05, 0) is 64.1 Å². The van der Waals surface area contributed by atoms with E-state index in [4.69, 9.17) is 0 Å². The maximum Gasteiger partial charge on any atom is 0.243 e. The number of hydrogen-bond acceptors (Lipinski definition) is 3. The molecule has 2 rings (SSSR count). The Balaban J connectivity index is 1.81. The Hall–Kier alpha value is -1.88. The van der Waals surface area contributed by atoms with Gasteiger partial charge in [0.25, 0.3) is 0 Å². The lowest BCUT2D eigenvalue weighted by atomic mass is 10.00. The summed E-state index contributed by atoms with van der Waals surface area (Å²) in [5, 5.41) is 5.62. The Morgan fingerprint density at radius 3 is 2.24 bits per heavy atom. The van der Waals surface area contributed by atoms with E-state index in [2.05, 4.69) is 29.4 Å². The second-order valence-corrected chi connectivity index (χ2v) is 7.84. The number of benzene rings is 1. The van der Waals surface area contributed by atoms with Gasteiger partial charge in [0.15, 0.2) is 0 Å². The van der Waals surface area contributed by atoms with Crippen LogP contribution in [0, 0.1) is 26.2 Å². The first-order chi connectivity index (χ1) is 11.6. The third-order valence-electron chi connectivity index (χ3n) is 5.49. The van der Waals surface area contributed by atoms with Gasteiger partial charge in [-0.2, -0.15) is 0 Å². The molecule has 0 bridgehead atoms. The van der Waals surface area contributed by atoms with Crippen molar-refractivity contribution in [3.8, 4) is 0 Å². The molecule has 1 atom stereocenters. The summed E-state index contributed by atoms with van der Waals surface area (Å²) in [6, 6.07) is 4.44. The number of likely N-dealkylation sites (N-methyl/N-ethyl adjacent to an activating group) is 1. The largest absolute Gasteiger partial charge is 0.346 e. The molecule has 0 aliphatic heterocycles. The van der Waals surface area contributed by atoms with Crippen LogP contribution in [0.4, 0.5) is 5.69 Å². The predicted molar refractivity (Wildman–Crippen MR) is 102 cm³/mol. The molecule has 2 N–H and O–H groups in total. The van der Waals surface area contributed by atoms with Crippen molar-refractivity contribution in [1.82, 2.24) is 10.2 Å². The molecule has 2 amide bonds. The van der Waals surface area contributed by atoms with Crippen LogP contribution in [-0.4, -0.2) is 42.9 Å². The van der Waals surface area contributed by atoms with E-state index >= 15 is 0 Å². The number of hydrogen-bond donors (Lipinski definition) is 2. The van der Waals surface area contributed by atoms with E-state index in [9.17, 15) is 9.59 Å². The number of carbonyl (C=O) groups excluding carboxylic acids is 2. The van der Waals surface area contributed by atoms with Crippen LogP contribution in [0.5, 0.6) is 0 Å². The lowest BCUT2D eigenvalue weighted by molar-refractivity contribution is -0.125. The maximum atomic E-state index is 12.2. The molecule has 0 radical (unpaired) electrons. The first kappa shape index (κ1) is 19.4. The molecule has 1 aliphatic rings. The number of carbonyl (C=O) groups is 2. The smallest absolute Gasteiger partial charge is 0.243 e. The average Bonchev–Trinajstić information content (AvgIpc) is 3.27. The average molecular weight is 345 g/mol. The Bertz CT molecular complexity index is 642. The lowest BCUT2D eigenvalue weighted by Gasteiger charge is -2.29. The molecule has 0 aromatic heterocycles. The molecule has 138 valence electrons. The highest BCUT2D eigenvalue weighted by Gasteiger charge is 2.44. The minimum Gasteiger partial charge on any atom is -0.346 e. The van der Waals surface area contributed by atoms with Crippen LogP contribution in [0.2, 0.25) is 0 Å². The third kappa shape index (κ3) is 5.05.